The number of hydrogen-bond donors (Lipinski definition) is 2. The molecule has 0 spiro atoms. The normalized spacial score (nSPS) is 28.2. The summed E-state index contributed by atoms with van der Waals surface area (Å²) < 4.78 is 0. The maximum atomic E-state index is 13.8. The first kappa shape index (κ1) is 19.1. The lowest BCUT2D eigenvalue weighted by Gasteiger charge is -2.51. The van der Waals surface area contributed by atoms with Crippen molar-refractivity contribution < 1.29 is 24.8 Å². The lowest BCUT2D eigenvalue weighted by Crippen LogP contribution is -2.99. The summed E-state index contributed by atoms with van der Waals surface area (Å²) in [6.45, 7) is 0. The summed E-state index contributed by atoms with van der Waals surface area (Å²) in [4.78, 5) is 41.5. The Morgan fingerprint density at radius 1 is 0.875 bits per heavy atom. The van der Waals surface area contributed by atoms with Crippen molar-refractivity contribution in [2.45, 2.75) is 11.3 Å². The Labute approximate surface area is 183 Å². The summed E-state index contributed by atoms with van der Waals surface area (Å²) in [5.41, 5.74) is 2.51. The number of aldehydes is 1. The maximum absolute atomic E-state index is 13.8. The van der Waals surface area contributed by atoms with Crippen LogP contribution in [0.2, 0.25) is 0 Å². The van der Waals surface area contributed by atoms with Crippen molar-refractivity contribution >= 4 is 29.5 Å². The largest absolute Gasteiger partial charge is 0.595 e. The van der Waals surface area contributed by atoms with Crippen LogP contribution in [0.25, 0.3) is 0 Å². The van der Waals surface area contributed by atoms with Crippen LogP contribution in [0.3, 0.4) is 0 Å². The molecule has 1 fully saturated rings. The van der Waals surface area contributed by atoms with Crippen LogP contribution in [0.15, 0.2) is 72.8 Å². The fraction of sp³-hybridized carbons (Fsp3) is 0.160. The molecule has 2 N–H and O–H groups in total. The molecule has 2 amide bonds. The number of benzene rings is 3. The number of carbonyl (C=O) groups is 3. The van der Waals surface area contributed by atoms with E-state index in [0.717, 1.165) is 33.4 Å². The van der Waals surface area contributed by atoms with Crippen LogP contribution in [-0.2, 0) is 19.8 Å². The topological polar surface area (TPSA) is 102 Å². The van der Waals surface area contributed by atoms with Gasteiger partial charge < -0.3 is 10.0 Å². The maximum Gasteiger partial charge on any atom is 0.239 e. The number of imide groups is 1. The van der Waals surface area contributed by atoms with E-state index < -0.39 is 28.4 Å². The van der Waals surface area contributed by atoms with Gasteiger partial charge in [0.05, 0.1) is 22.9 Å². The Balaban J connectivity index is 1.58. The molecular formula is C25H18N2O5. The second-order valence-corrected chi connectivity index (χ2v) is 8.51. The van der Waals surface area contributed by atoms with E-state index in [1.807, 2.05) is 48.5 Å². The predicted octanol–water partition coefficient (Wildman–Crippen LogP) is 1.84. The van der Waals surface area contributed by atoms with Crippen molar-refractivity contribution in [3.05, 3.63) is 100 Å². The molecule has 3 aliphatic carbocycles. The Hall–Kier alpha value is -3.65. The van der Waals surface area contributed by atoms with E-state index in [1.54, 1.807) is 0 Å². The third-order valence-corrected chi connectivity index (χ3v) is 7.24. The van der Waals surface area contributed by atoms with Gasteiger partial charge in [0.15, 0.2) is 5.69 Å². The smallest absolute Gasteiger partial charge is 0.239 e. The van der Waals surface area contributed by atoms with Gasteiger partial charge in [-0.1, -0.05) is 48.5 Å². The SMILES string of the molecule is O=CC12c3ccccc3C(c3ccccc31)[C@@H]1C(=O)N(c3ccc([NH+]([O-])O)cc3)C(=O)[C@@H]12. The van der Waals surface area contributed by atoms with Crippen molar-refractivity contribution in [1.82, 2.24) is 0 Å². The number of carbonyl (C=O) groups excluding carboxylic acids is 3. The number of hydrogen-bond acceptors (Lipinski definition) is 5. The Morgan fingerprint density at radius 2 is 1.44 bits per heavy atom. The molecule has 0 radical (unpaired) electrons. The van der Waals surface area contributed by atoms with Gasteiger partial charge in [0.1, 0.15) is 6.29 Å². The van der Waals surface area contributed by atoms with Crippen LogP contribution < -0.4 is 10.1 Å². The average molecular weight is 426 g/mol. The van der Waals surface area contributed by atoms with Crippen LogP contribution in [-0.4, -0.2) is 23.3 Å². The lowest BCUT2D eigenvalue weighted by atomic mass is 9.48. The molecule has 4 aliphatic rings. The van der Waals surface area contributed by atoms with E-state index in [2.05, 4.69) is 0 Å². The molecule has 0 aromatic heterocycles. The number of nitrogens with one attached hydrogen (secondary N) is 1. The van der Waals surface area contributed by atoms with Crippen molar-refractivity contribution in [3.63, 3.8) is 0 Å². The number of rotatable bonds is 3. The molecule has 3 atom stereocenters. The second kappa shape index (κ2) is 6.43. The zero-order valence-corrected chi connectivity index (χ0v) is 16.8. The Bertz CT molecular complexity index is 1250. The van der Waals surface area contributed by atoms with Gasteiger partial charge in [-0.05, 0) is 34.4 Å². The minimum absolute atomic E-state index is 0.0644. The molecular weight excluding hydrogens is 408 g/mol. The number of anilines is 1. The summed E-state index contributed by atoms with van der Waals surface area (Å²) in [6, 6.07) is 20.8. The summed E-state index contributed by atoms with van der Waals surface area (Å²) in [5, 5.41) is 19.3. The fourth-order valence-corrected chi connectivity index (χ4v) is 6.04. The monoisotopic (exact) mass is 426 g/mol. The van der Waals surface area contributed by atoms with E-state index >= 15 is 0 Å². The van der Waals surface area contributed by atoms with E-state index in [-0.39, 0.29) is 17.5 Å². The van der Waals surface area contributed by atoms with Crippen molar-refractivity contribution in [1.29, 1.82) is 0 Å². The molecule has 1 saturated heterocycles. The molecule has 1 unspecified atom stereocenters. The van der Waals surface area contributed by atoms with Gasteiger partial charge in [-0.2, -0.15) is 5.23 Å². The molecule has 7 rings (SSSR count). The second-order valence-electron chi connectivity index (χ2n) is 8.51. The van der Waals surface area contributed by atoms with Gasteiger partial charge in [-0.15, -0.1) is 0 Å². The summed E-state index contributed by atoms with van der Waals surface area (Å²) in [6.07, 6.45) is 0.833. The van der Waals surface area contributed by atoms with Crippen LogP contribution in [0.5, 0.6) is 0 Å². The highest BCUT2D eigenvalue weighted by molar-refractivity contribution is 6.24. The van der Waals surface area contributed by atoms with E-state index in [1.165, 1.54) is 24.3 Å². The fourth-order valence-electron chi connectivity index (χ4n) is 6.04. The van der Waals surface area contributed by atoms with Gasteiger partial charge in [0, 0.05) is 18.1 Å². The van der Waals surface area contributed by atoms with Gasteiger partial charge in [0.25, 0.3) is 0 Å². The molecule has 2 bridgehead atoms. The quantitative estimate of drug-likeness (QED) is 0.378. The minimum Gasteiger partial charge on any atom is -0.595 e. The molecule has 1 heterocycles. The first-order valence-corrected chi connectivity index (χ1v) is 10.4. The lowest BCUT2D eigenvalue weighted by molar-refractivity contribution is -0.991. The number of nitrogens with zero attached hydrogens (tertiary/aromatic N) is 1. The molecule has 158 valence electrons. The number of quaternary nitrogens is 1. The first-order chi connectivity index (χ1) is 15.5. The first-order valence-electron chi connectivity index (χ1n) is 10.4. The third-order valence-electron chi connectivity index (χ3n) is 7.24. The molecule has 0 saturated carbocycles. The van der Waals surface area contributed by atoms with Crippen LogP contribution in [0.1, 0.15) is 28.2 Å². The van der Waals surface area contributed by atoms with Gasteiger partial charge >= 0.3 is 0 Å². The Morgan fingerprint density at radius 3 is 1.97 bits per heavy atom. The molecule has 3 aromatic carbocycles. The highest BCUT2D eigenvalue weighted by Gasteiger charge is 2.68. The summed E-state index contributed by atoms with van der Waals surface area (Å²) in [5.74, 6) is -2.65. The van der Waals surface area contributed by atoms with E-state index in [9.17, 15) is 24.8 Å². The van der Waals surface area contributed by atoms with E-state index in [4.69, 9.17) is 0 Å². The molecule has 7 heteroatoms. The molecule has 32 heavy (non-hydrogen) atoms. The van der Waals surface area contributed by atoms with Crippen molar-refractivity contribution in [2.75, 3.05) is 4.90 Å². The van der Waals surface area contributed by atoms with Crippen molar-refractivity contribution in [2.24, 2.45) is 11.8 Å². The number of amides is 2. The average Bonchev–Trinajstić information content (AvgIpc) is 3.10. The minimum atomic E-state index is -1.24. The summed E-state index contributed by atoms with van der Waals surface area (Å²) in [7, 11) is 0. The highest BCUT2D eigenvalue weighted by atomic mass is 16.8. The van der Waals surface area contributed by atoms with Gasteiger partial charge in [0.2, 0.25) is 11.8 Å². The zero-order chi connectivity index (χ0) is 22.2. The van der Waals surface area contributed by atoms with Crippen LogP contribution in [0, 0.1) is 17.0 Å². The Kier molecular flexibility index (Phi) is 3.83. The van der Waals surface area contributed by atoms with Crippen LogP contribution >= 0.6 is 0 Å². The highest BCUT2D eigenvalue weighted by Crippen LogP contribution is 2.63. The third kappa shape index (κ3) is 2.12. The molecule has 3 aromatic rings. The van der Waals surface area contributed by atoms with Gasteiger partial charge in [-0.25, -0.2) is 10.1 Å². The van der Waals surface area contributed by atoms with E-state index in [0.29, 0.717) is 5.69 Å². The predicted molar refractivity (Wildman–Crippen MR) is 113 cm³/mol. The van der Waals surface area contributed by atoms with Gasteiger partial charge in [-0.3, -0.25) is 9.59 Å². The standard InChI is InChI=1S/C25H18N2O5/c28-13-25-18-7-3-1-5-16(18)20(17-6-2-4-8-19(17)25)21-22(25)24(30)26(23(21)29)14-9-11-15(12-10-14)27(31)32/h1-13,20-22,27,31H/t20?,21-,22+,25?/m0/s1. The van der Waals surface area contributed by atoms with Crippen LogP contribution in [0.4, 0.5) is 11.4 Å². The summed E-state index contributed by atoms with van der Waals surface area (Å²) >= 11 is 0. The van der Waals surface area contributed by atoms with Crippen molar-refractivity contribution in [3.8, 4) is 0 Å². The zero-order valence-electron chi connectivity index (χ0n) is 16.8. The molecule has 1 aliphatic heterocycles. The molecule has 7 nitrogen and oxygen atoms in total.